The first-order valence-corrected chi connectivity index (χ1v) is 9.59. The number of carbonyl (C=O) groups is 3. The minimum Gasteiger partial charge on any atom is -0.332 e. The molecule has 1 saturated heterocycles. The highest BCUT2D eigenvalue weighted by atomic mass is 32.2. The molecule has 2 N–H and O–H groups in total. The molecule has 0 aromatic heterocycles. The zero-order chi connectivity index (χ0) is 21.0. The van der Waals surface area contributed by atoms with Gasteiger partial charge in [-0.25, -0.2) is 4.90 Å². The number of hydrogen-bond acceptors (Lipinski definition) is 7. The van der Waals surface area contributed by atoms with Gasteiger partial charge in [0.15, 0.2) is 5.11 Å². The fourth-order valence-corrected chi connectivity index (χ4v) is 3.82. The van der Waals surface area contributed by atoms with E-state index in [0.29, 0.717) is 11.4 Å². The second-order valence-corrected chi connectivity index (χ2v) is 7.46. The molecule has 1 fully saturated rings. The number of hydrogen-bond donors (Lipinski definition) is 2. The third-order valence-electron chi connectivity index (χ3n) is 3.87. The molecule has 29 heavy (non-hydrogen) atoms. The van der Waals surface area contributed by atoms with E-state index in [0.717, 1.165) is 16.7 Å². The van der Waals surface area contributed by atoms with Gasteiger partial charge < -0.3 is 10.6 Å². The lowest BCUT2D eigenvalue weighted by Crippen LogP contribution is -2.38. The van der Waals surface area contributed by atoms with E-state index in [1.807, 2.05) is 0 Å². The Hall–Kier alpha value is -3.31. The first kappa shape index (κ1) is 20.4. The van der Waals surface area contributed by atoms with Gasteiger partial charge in [0.05, 0.1) is 10.6 Å². The Morgan fingerprint density at radius 2 is 1.90 bits per heavy atom. The molecule has 0 bridgehead atoms. The van der Waals surface area contributed by atoms with Crippen LogP contribution in [0.2, 0.25) is 0 Å². The van der Waals surface area contributed by atoms with Crippen molar-refractivity contribution >= 4 is 63.2 Å². The Morgan fingerprint density at radius 1 is 1.17 bits per heavy atom. The molecule has 0 aliphatic carbocycles. The molecule has 1 unspecified atom stereocenters. The van der Waals surface area contributed by atoms with Crippen LogP contribution in [0.5, 0.6) is 0 Å². The van der Waals surface area contributed by atoms with E-state index in [1.54, 1.807) is 36.4 Å². The third-order valence-corrected chi connectivity index (χ3v) is 5.12. The van der Waals surface area contributed by atoms with E-state index in [-0.39, 0.29) is 17.2 Å². The number of benzene rings is 2. The Labute approximate surface area is 174 Å². The second-order valence-electron chi connectivity index (χ2n) is 5.90. The average molecular weight is 430 g/mol. The van der Waals surface area contributed by atoms with Gasteiger partial charge in [0.2, 0.25) is 11.8 Å². The third kappa shape index (κ3) is 4.95. The largest absolute Gasteiger partial charge is 0.332 e. The Morgan fingerprint density at radius 3 is 2.59 bits per heavy atom. The number of anilines is 2. The predicted octanol–water partition coefficient (Wildman–Crippen LogP) is 3.07. The van der Waals surface area contributed by atoms with Crippen LogP contribution in [0.4, 0.5) is 21.9 Å². The maximum Gasteiger partial charge on any atom is 0.293 e. The molecule has 2 aromatic rings. The SMILES string of the molecule is O=C(CC1SC(=O)N(c2ccccc2)C1=O)NC(=S)Nc1cccc([N+](=O)[O-])c1. The van der Waals surface area contributed by atoms with Crippen molar-refractivity contribution in [3.8, 4) is 0 Å². The van der Waals surface area contributed by atoms with Crippen LogP contribution in [-0.4, -0.2) is 32.3 Å². The minimum absolute atomic E-state index is 0.0721. The lowest BCUT2D eigenvalue weighted by molar-refractivity contribution is -0.384. The van der Waals surface area contributed by atoms with Gasteiger partial charge in [-0.15, -0.1) is 0 Å². The topological polar surface area (TPSA) is 122 Å². The summed E-state index contributed by atoms with van der Waals surface area (Å²) in [5.41, 5.74) is 0.651. The van der Waals surface area contributed by atoms with E-state index < -0.39 is 27.2 Å². The zero-order valence-corrected chi connectivity index (χ0v) is 16.4. The molecule has 1 heterocycles. The van der Waals surface area contributed by atoms with E-state index in [4.69, 9.17) is 12.2 Å². The number of thioether (sulfide) groups is 1. The van der Waals surface area contributed by atoms with Gasteiger partial charge in [-0.05, 0) is 42.2 Å². The van der Waals surface area contributed by atoms with Crippen molar-refractivity contribution in [1.29, 1.82) is 0 Å². The number of thiocarbonyl (C=S) groups is 1. The summed E-state index contributed by atoms with van der Waals surface area (Å²) in [6, 6.07) is 14.1. The van der Waals surface area contributed by atoms with Gasteiger partial charge >= 0.3 is 0 Å². The zero-order valence-electron chi connectivity index (χ0n) is 14.7. The molecule has 9 nitrogen and oxygen atoms in total. The molecular weight excluding hydrogens is 416 g/mol. The van der Waals surface area contributed by atoms with Crippen LogP contribution < -0.4 is 15.5 Å². The summed E-state index contributed by atoms with van der Waals surface area (Å²) >= 11 is 5.81. The van der Waals surface area contributed by atoms with Crippen LogP contribution in [0, 0.1) is 10.1 Å². The quantitative estimate of drug-likeness (QED) is 0.422. The van der Waals surface area contributed by atoms with Crippen molar-refractivity contribution in [3.05, 3.63) is 64.7 Å². The van der Waals surface area contributed by atoms with Crippen LogP contribution >= 0.6 is 24.0 Å². The van der Waals surface area contributed by atoms with Gasteiger partial charge in [-0.2, -0.15) is 0 Å². The first-order valence-electron chi connectivity index (χ1n) is 8.30. The van der Waals surface area contributed by atoms with E-state index >= 15 is 0 Å². The number of amides is 3. The number of nitro benzene ring substituents is 1. The Bertz CT molecular complexity index is 999. The number of nitrogens with one attached hydrogen (secondary N) is 2. The standard InChI is InChI=1S/C18H14N4O5S2/c23-15(20-17(28)19-11-5-4-8-13(9-11)22(26)27)10-14-16(24)21(18(25)29-14)12-6-2-1-3-7-12/h1-9,14H,10H2,(H2,19,20,23,28). The lowest BCUT2D eigenvalue weighted by atomic mass is 10.2. The van der Waals surface area contributed by atoms with Crippen LogP contribution in [0.25, 0.3) is 0 Å². The molecule has 11 heteroatoms. The van der Waals surface area contributed by atoms with Gasteiger partial charge in [-0.3, -0.25) is 24.5 Å². The smallest absolute Gasteiger partial charge is 0.293 e. The summed E-state index contributed by atoms with van der Waals surface area (Å²) < 4.78 is 0. The fraction of sp³-hybridized carbons (Fsp3) is 0.111. The number of nitrogens with zero attached hydrogens (tertiary/aromatic N) is 2. The van der Waals surface area contributed by atoms with Crippen LogP contribution in [0.3, 0.4) is 0 Å². The van der Waals surface area contributed by atoms with Gasteiger partial charge in [0.25, 0.3) is 10.9 Å². The molecule has 2 aromatic carbocycles. The van der Waals surface area contributed by atoms with Crippen molar-refractivity contribution in [3.63, 3.8) is 0 Å². The number of imide groups is 1. The lowest BCUT2D eigenvalue weighted by Gasteiger charge is -2.14. The average Bonchev–Trinajstić information content (AvgIpc) is 2.95. The van der Waals surface area contributed by atoms with Gasteiger partial charge in [0, 0.05) is 24.2 Å². The van der Waals surface area contributed by atoms with Crippen molar-refractivity contribution in [2.45, 2.75) is 11.7 Å². The van der Waals surface area contributed by atoms with E-state index in [2.05, 4.69) is 10.6 Å². The number of para-hydroxylation sites is 1. The van der Waals surface area contributed by atoms with E-state index in [1.165, 1.54) is 18.2 Å². The van der Waals surface area contributed by atoms with E-state index in [9.17, 15) is 24.5 Å². The van der Waals surface area contributed by atoms with Gasteiger partial charge in [-0.1, -0.05) is 24.3 Å². The molecule has 0 saturated carbocycles. The molecule has 3 rings (SSSR count). The maximum atomic E-state index is 12.5. The normalized spacial score (nSPS) is 15.9. The maximum absolute atomic E-state index is 12.5. The molecule has 0 radical (unpaired) electrons. The van der Waals surface area contributed by atoms with Crippen molar-refractivity contribution in [2.75, 3.05) is 10.2 Å². The summed E-state index contributed by atoms with van der Waals surface area (Å²) in [5, 5.41) is 14.5. The Kier molecular flexibility index (Phi) is 6.20. The number of rotatable bonds is 5. The molecule has 3 amide bonds. The summed E-state index contributed by atoms with van der Waals surface area (Å²) in [4.78, 5) is 48.2. The van der Waals surface area contributed by atoms with Crippen LogP contribution in [0.1, 0.15) is 6.42 Å². The molecule has 1 aliphatic rings. The van der Waals surface area contributed by atoms with Crippen LogP contribution in [-0.2, 0) is 9.59 Å². The monoisotopic (exact) mass is 430 g/mol. The fourth-order valence-electron chi connectivity index (χ4n) is 2.60. The predicted molar refractivity (Wildman–Crippen MR) is 113 cm³/mol. The highest BCUT2D eigenvalue weighted by Gasteiger charge is 2.41. The van der Waals surface area contributed by atoms with Crippen molar-refractivity contribution < 1.29 is 19.3 Å². The van der Waals surface area contributed by atoms with Crippen molar-refractivity contribution in [2.24, 2.45) is 0 Å². The molecule has 1 atom stereocenters. The first-order chi connectivity index (χ1) is 13.8. The van der Waals surface area contributed by atoms with Crippen molar-refractivity contribution in [1.82, 2.24) is 5.32 Å². The molecular formula is C18H14N4O5S2. The number of carbonyl (C=O) groups excluding carboxylic acids is 3. The molecule has 1 aliphatic heterocycles. The summed E-state index contributed by atoms with van der Waals surface area (Å²) in [6.45, 7) is 0. The number of non-ortho nitro benzene ring substituents is 1. The molecule has 148 valence electrons. The minimum atomic E-state index is -0.858. The van der Waals surface area contributed by atoms with Crippen LogP contribution in [0.15, 0.2) is 54.6 Å². The van der Waals surface area contributed by atoms with Gasteiger partial charge in [0.1, 0.15) is 5.25 Å². The molecule has 0 spiro atoms. The summed E-state index contributed by atoms with van der Waals surface area (Å²) in [7, 11) is 0. The summed E-state index contributed by atoms with van der Waals surface area (Å²) in [5.74, 6) is -1.03. The highest BCUT2D eigenvalue weighted by Crippen LogP contribution is 2.33. The number of nitro groups is 1. The summed E-state index contributed by atoms with van der Waals surface area (Å²) in [6.07, 6.45) is -0.241. The highest BCUT2D eigenvalue weighted by molar-refractivity contribution is 8.15. The second kappa shape index (κ2) is 8.80. The Balaban J connectivity index is 1.57.